The van der Waals surface area contributed by atoms with Gasteiger partial charge < -0.3 is 9.84 Å². The van der Waals surface area contributed by atoms with Crippen molar-refractivity contribution in [2.45, 2.75) is 43.0 Å². The van der Waals surface area contributed by atoms with Crippen LogP contribution in [0.3, 0.4) is 0 Å². The fourth-order valence-electron chi connectivity index (χ4n) is 3.65. The van der Waals surface area contributed by atoms with Crippen molar-refractivity contribution in [3.05, 3.63) is 27.7 Å². The van der Waals surface area contributed by atoms with Gasteiger partial charge in [-0.1, -0.05) is 15.9 Å². The molecule has 0 aromatic heterocycles. The van der Waals surface area contributed by atoms with Crippen molar-refractivity contribution in [2.75, 3.05) is 12.9 Å². The number of hydrogen-bond donors (Lipinski definition) is 1. The summed E-state index contributed by atoms with van der Waals surface area (Å²) in [6.07, 6.45) is 4.20. The Labute approximate surface area is 133 Å². The molecule has 116 valence electrons. The Balaban J connectivity index is 1.97. The Kier molecular flexibility index (Phi) is 3.83. The van der Waals surface area contributed by atoms with Crippen molar-refractivity contribution in [1.82, 2.24) is 0 Å². The van der Waals surface area contributed by atoms with E-state index in [0.717, 1.165) is 34.2 Å². The van der Waals surface area contributed by atoms with Gasteiger partial charge >= 0.3 is 0 Å². The predicted molar refractivity (Wildman–Crippen MR) is 84.5 cm³/mol. The van der Waals surface area contributed by atoms with Crippen LogP contribution < -0.4 is 4.74 Å². The lowest BCUT2D eigenvalue weighted by Crippen LogP contribution is -2.44. The van der Waals surface area contributed by atoms with Crippen molar-refractivity contribution >= 4 is 25.8 Å². The summed E-state index contributed by atoms with van der Waals surface area (Å²) in [6, 6.07) is 3.96. The average molecular weight is 375 g/mol. The summed E-state index contributed by atoms with van der Waals surface area (Å²) < 4.78 is 30.5. The summed E-state index contributed by atoms with van der Waals surface area (Å²) >= 11 is 3.48. The van der Waals surface area contributed by atoms with E-state index in [1.54, 1.807) is 0 Å². The van der Waals surface area contributed by atoms with Crippen LogP contribution in [0.1, 0.15) is 30.4 Å². The first-order valence-electron chi connectivity index (χ1n) is 7.15. The van der Waals surface area contributed by atoms with E-state index in [9.17, 15) is 13.5 Å². The predicted octanol–water partition coefficient (Wildman–Crippen LogP) is 2.25. The molecule has 0 radical (unpaired) electrons. The van der Waals surface area contributed by atoms with E-state index in [4.69, 9.17) is 4.74 Å². The number of benzene rings is 1. The molecule has 2 atom stereocenters. The molecule has 2 unspecified atom stereocenters. The Bertz CT molecular complexity index is 670. The van der Waals surface area contributed by atoms with Gasteiger partial charge in [-0.3, -0.25) is 0 Å². The molecule has 21 heavy (non-hydrogen) atoms. The van der Waals surface area contributed by atoms with E-state index in [2.05, 4.69) is 15.9 Å². The first-order valence-corrected chi connectivity index (χ1v) is 9.90. The van der Waals surface area contributed by atoms with Crippen molar-refractivity contribution in [3.8, 4) is 5.75 Å². The summed E-state index contributed by atoms with van der Waals surface area (Å²) in [7, 11) is -3.26. The Hall–Kier alpha value is -0.590. The maximum atomic E-state index is 11.9. The van der Waals surface area contributed by atoms with Crippen molar-refractivity contribution in [2.24, 2.45) is 0 Å². The normalized spacial score (nSPS) is 28.4. The van der Waals surface area contributed by atoms with E-state index in [1.807, 2.05) is 12.1 Å². The third kappa shape index (κ3) is 2.85. The van der Waals surface area contributed by atoms with Crippen LogP contribution in [0.4, 0.5) is 0 Å². The first-order chi connectivity index (χ1) is 9.79. The van der Waals surface area contributed by atoms with E-state index in [0.29, 0.717) is 25.9 Å². The summed E-state index contributed by atoms with van der Waals surface area (Å²) in [5.41, 5.74) is 0.834. The SMILES string of the molecule is CS(=O)(=O)C1CCCC1(O)Cc1cc(Br)cc2c1OCC2. The van der Waals surface area contributed by atoms with Crippen LogP contribution in [0.15, 0.2) is 16.6 Å². The molecule has 1 aliphatic heterocycles. The van der Waals surface area contributed by atoms with Crippen LogP contribution >= 0.6 is 15.9 Å². The number of fused-ring (bicyclic) bond motifs is 1. The summed E-state index contributed by atoms with van der Waals surface area (Å²) in [5.74, 6) is 0.825. The molecular formula is C15H19BrO4S. The van der Waals surface area contributed by atoms with E-state index >= 15 is 0 Å². The second kappa shape index (κ2) is 5.25. The van der Waals surface area contributed by atoms with Crippen molar-refractivity contribution < 1.29 is 18.3 Å². The van der Waals surface area contributed by atoms with Gasteiger partial charge in [0, 0.05) is 23.6 Å². The lowest BCUT2D eigenvalue weighted by Gasteiger charge is -2.29. The summed E-state index contributed by atoms with van der Waals surface area (Å²) in [4.78, 5) is 0. The first kappa shape index (κ1) is 15.3. The smallest absolute Gasteiger partial charge is 0.153 e. The highest BCUT2D eigenvalue weighted by atomic mass is 79.9. The number of halogens is 1. The molecule has 4 nitrogen and oxygen atoms in total. The average Bonchev–Trinajstić information content (AvgIpc) is 2.94. The molecule has 0 bridgehead atoms. The van der Waals surface area contributed by atoms with Crippen LogP contribution in [0.2, 0.25) is 0 Å². The van der Waals surface area contributed by atoms with Gasteiger partial charge in [-0.25, -0.2) is 8.42 Å². The number of rotatable bonds is 3. The van der Waals surface area contributed by atoms with Gasteiger partial charge in [0.2, 0.25) is 0 Å². The van der Waals surface area contributed by atoms with E-state index < -0.39 is 20.7 Å². The second-order valence-electron chi connectivity index (χ2n) is 6.14. The molecule has 1 heterocycles. The molecule has 0 amide bonds. The third-order valence-corrected chi connectivity index (χ3v) is 6.68. The third-order valence-electron chi connectivity index (χ3n) is 4.51. The highest BCUT2D eigenvalue weighted by Crippen LogP contribution is 2.41. The molecule has 2 aliphatic rings. The monoisotopic (exact) mass is 374 g/mol. The molecule has 6 heteroatoms. The highest BCUT2D eigenvalue weighted by molar-refractivity contribution is 9.10. The van der Waals surface area contributed by atoms with Crippen molar-refractivity contribution in [1.29, 1.82) is 0 Å². The minimum absolute atomic E-state index is 0.326. The van der Waals surface area contributed by atoms with Gasteiger partial charge in [0.15, 0.2) is 9.84 Å². The standard InChI is InChI=1S/C15H19BrO4S/c1-21(18,19)13-3-2-5-15(13,17)9-11-8-12(16)7-10-4-6-20-14(10)11/h7-8,13,17H,2-6,9H2,1H3. The zero-order valence-electron chi connectivity index (χ0n) is 11.9. The molecule has 1 aromatic rings. The number of aliphatic hydroxyl groups is 1. The van der Waals surface area contributed by atoms with Gasteiger partial charge in [0.1, 0.15) is 5.75 Å². The molecule has 3 rings (SSSR count). The molecule has 1 fully saturated rings. The number of ether oxygens (including phenoxy) is 1. The number of hydrogen-bond acceptors (Lipinski definition) is 4. The minimum atomic E-state index is -3.26. The molecule has 0 saturated heterocycles. The lowest BCUT2D eigenvalue weighted by atomic mass is 9.91. The fourth-order valence-corrected chi connectivity index (χ4v) is 5.79. The largest absolute Gasteiger partial charge is 0.493 e. The van der Waals surface area contributed by atoms with Crippen molar-refractivity contribution in [3.63, 3.8) is 0 Å². The van der Waals surface area contributed by atoms with Gasteiger partial charge in [0.25, 0.3) is 0 Å². The highest BCUT2D eigenvalue weighted by Gasteiger charge is 2.47. The van der Waals surface area contributed by atoms with E-state index in [1.165, 1.54) is 6.26 Å². The van der Waals surface area contributed by atoms with Crippen LogP contribution in [-0.4, -0.2) is 37.2 Å². The molecule has 1 N–H and O–H groups in total. The zero-order chi connectivity index (χ0) is 15.3. The van der Waals surface area contributed by atoms with Gasteiger partial charge in [0.05, 0.1) is 17.5 Å². The van der Waals surface area contributed by atoms with E-state index in [-0.39, 0.29) is 0 Å². The van der Waals surface area contributed by atoms with Gasteiger partial charge in [-0.15, -0.1) is 0 Å². The Morgan fingerprint density at radius 3 is 2.95 bits per heavy atom. The lowest BCUT2D eigenvalue weighted by molar-refractivity contribution is 0.0506. The molecule has 1 aliphatic carbocycles. The molecule has 1 saturated carbocycles. The summed E-state index contributed by atoms with van der Waals surface area (Å²) in [5, 5.41) is 10.2. The fraction of sp³-hybridized carbons (Fsp3) is 0.600. The maximum Gasteiger partial charge on any atom is 0.153 e. The van der Waals surface area contributed by atoms with Crippen LogP contribution in [0.5, 0.6) is 5.75 Å². The zero-order valence-corrected chi connectivity index (χ0v) is 14.3. The van der Waals surface area contributed by atoms with Gasteiger partial charge in [-0.05, 0) is 42.5 Å². The molecule has 1 aromatic carbocycles. The van der Waals surface area contributed by atoms with Crippen LogP contribution in [0.25, 0.3) is 0 Å². The molecule has 0 spiro atoms. The quantitative estimate of drug-likeness (QED) is 0.880. The Morgan fingerprint density at radius 1 is 1.48 bits per heavy atom. The van der Waals surface area contributed by atoms with Crippen LogP contribution in [-0.2, 0) is 22.7 Å². The van der Waals surface area contributed by atoms with Gasteiger partial charge in [-0.2, -0.15) is 0 Å². The summed E-state index contributed by atoms with van der Waals surface area (Å²) in [6.45, 7) is 0.646. The maximum absolute atomic E-state index is 11.9. The minimum Gasteiger partial charge on any atom is -0.493 e. The number of sulfone groups is 1. The molecular weight excluding hydrogens is 356 g/mol. The van der Waals surface area contributed by atoms with Crippen LogP contribution in [0, 0.1) is 0 Å². The second-order valence-corrected chi connectivity index (χ2v) is 9.29. The topological polar surface area (TPSA) is 63.6 Å². The Morgan fingerprint density at radius 2 is 2.24 bits per heavy atom.